The van der Waals surface area contributed by atoms with Crippen molar-refractivity contribution in [3.63, 3.8) is 0 Å². The number of aryl methyl sites for hydroxylation is 1. The van der Waals surface area contributed by atoms with Crippen LogP contribution in [0, 0.1) is 12.8 Å². The Hall–Kier alpha value is -1.35. The van der Waals surface area contributed by atoms with E-state index in [9.17, 15) is 4.79 Å². The van der Waals surface area contributed by atoms with Crippen molar-refractivity contribution >= 4 is 5.91 Å². The van der Waals surface area contributed by atoms with Crippen LogP contribution in [0.3, 0.4) is 0 Å². The molecule has 3 N–H and O–H groups in total. The van der Waals surface area contributed by atoms with Crippen molar-refractivity contribution in [2.24, 2.45) is 11.7 Å². The fraction of sp³-hybridized carbons (Fsp3) is 0.533. The predicted molar refractivity (Wildman–Crippen MR) is 75.3 cm³/mol. The zero-order valence-corrected chi connectivity index (χ0v) is 11.4. The molecule has 0 saturated heterocycles. The molecule has 100 valence electrons. The number of rotatable bonds is 7. The smallest absolute Gasteiger partial charge is 0.224 e. The van der Waals surface area contributed by atoms with E-state index in [-0.39, 0.29) is 5.91 Å². The lowest BCUT2D eigenvalue weighted by Crippen LogP contribution is -2.26. The van der Waals surface area contributed by atoms with Crippen molar-refractivity contribution in [1.29, 1.82) is 0 Å². The maximum Gasteiger partial charge on any atom is 0.224 e. The summed E-state index contributed by atoms with van der Waals surface area (Å²) in [5, 5.41) is 2.95. The van der Waals surface area contributed by atoms with Gasteiger partial charge in [-0.05, 0) is 37.8 Å². The van der Waals surface area contributed by atoms with Gasteiger partial charge in [0.05, 0.1) is 6.42 Å². The summed E-state index contributed by atoms with van der Waals surface area (Å²) < 4.78 is 0. The van der Waals surface area contributed by atoms with E-state index in [1.807, 2.05) is 31.2 Å². The van der Waals surface area contributed by atoms with Gasteiger partial charge in [-0.3, -0.25) is 4.79 Å². The monoisotopic (exact) mass is 248 g/mol. The maximum absolute atomic E-state index is 11.7. The normalized spacial score (nSPS) is 12.2. The lowest BCUT2D eigenvalue weighted by atomic mass is 10.1. The SMILES string of the molecule is Cc1ccc(CC(=O)NCCCC(C)CN)cc1. The van der Waals surface area contributed by atoms with Crippen molar-refractivity contribution in [3.05, 3.63) is 35.4 Å². The fourth-order valence-corrected chi connectivity index (χ4v) is 1.75. The van der Waals surface area contributed by atoms with Crippen LogP contribution in [-0.4, -0.2) is 19.0 Å². The number of nitrogens with one attached hydrogen (secondary N) is 1. The lowest BCUT2D eigenvalue weighted by molar-refractivity contribution is -0.120. The van der Waals surface area contributed by atoms with E-state index in [4.69, 9.17) is 5.73 Å². The van der Waals surface area contributed by atoms with Gasteiger partial charge in [-0.2, -0.15) is 0 Å². The van der Waals surface area contributed by atoms with E-state index in [0.717, 1.165) is 31.5 Å². The van der Waals surface area contributed by atoms with E-state index >= 15 is 0 Å². The Balaban J connectivity index is 2.19. The molecular weight excluding hydrogens is 224 g/mol. The highest BCUT2D eigenvalue weighted by molar-refractivity contribution is 5.78. The van der Waals surface area contributed by atoms with Gasteiger partial charge < -0.3 is 11.1 Å². The second kappa shape index (κ2) is 7.88. The summed E-state index contributed by atoms with van der Waals surface area (Å²) in [5.41, 5.74) is 7.82. The van der Waals surface area contributed by atoms with Crippen LogP contribution in [0.15, 0.2) is 24.3 Å². The molecule has 1 amide bonds. The van der Waals surface area contributed by atoms with Gasteiger partial charge in [0.25, 0.3) is 0 Å². The first kappa shape index (κ1) is 14.7. The molecule has 0 heterocycles. The zero-order valence-electron chi connectivity index (χ0n) is 11.4. The largest absolute Gasteiger partial charge is 0.356 e. The third kappa shape index (κ3) is 5.82. The molecule has 0 radical (unpaired) electrons. The van der Waals surface area contributed by atoms with Gasteiger partial charge in [0.15, 0.2) is 0 Å². The second-order valence-electron chi connectivity index (χ2n) is 5.00. The highest BCUT2D eigenvalue weighted by atomic mass is 16.1. The average molecular weight is 248 g/mol. The Bertz CT molecular complexity index is 359. The Morgan fingerprint density at radius 3 is 2.61 bits per heavy atom. The number of carbonyl (C=O) groups is 1. The minimum atomic E-state index is 0.0965. The average Bonchev–Trinajstić information content (AvgIpc) is 2.37. The molecule has 1 aromatic carbocycles. The standard InChI is InChI=1S/C15H24N2O/c1-12-5-7-14(8-6-12)10-15(18)17-9-3-4-13(2)11-16/h5-8,13H,3-4,9-11,16H2,1-2H3,(H,17,18). The first-order valence-electron chi connectivity index (χ1n) is 6.64. The molecule has 3 heteroatoms. The van der Waals surface area contributed by atoms with E-state index in [0.29, 0.717) is 12.3 Å². The first-order valence-corrected chi connectivity index (χ1v) is 6.64. The van der Waals surface area contributed by atoms with E-state index < -0.39 is 0 Å². The predicted octanol–water partition coefficient (Wildman–Crippen LogP) is 2.03. The van der Waals surface area contributed by atoms with Crippen LogP contribution < -0.4 is 11.1 Å². The van der Waals surface area contributed by atoms with Crippen molar-refractivity contribution in [2.45, 2.75) is 33.1 Å². The third-order valence-corrected chi connectivity index (χ3v) is 3.08. The molecular formula is C15H24N2O. The van der Waals surface area contributed by atoms with Crippen molar-refractivity contribution in [1.82, 2.24) is 5.32 Å². The zero-order chi connectivity index (χ0) is 13.4. The fourth-order valence-electron chi connectivity index (χ4n) is 1.75. The molecule has 0 saturated carbocycles. The molecule has 1 atom stereocenters. The van der Waals surface area contributed by atoms with Gasteiger partial charge in [0.2, 0.25) is 5.91 Å². The molecule has 0 aliphatic rings. The molecule has 0 bridgehead atoms. The van der Waals surface area contributed by atoms with Crippen LogP contribution in [-0.2, 0) is 11.2 Å². The molecule has 0 aromatic heterocycles. The molecule has 0 aliphatic carbocycles. The molecule has 0 aliphatic heterocycles. The summed E-state index contributed by atoms with van der Waals surface area (Å²) in [6.45, 7) is 5.64. The number of nitrogens with two attached hydrogens (primary N) is 1. The highest BCUT2D eigenvalue weighted by Crippen LogP contribution is 2.04. The van der Waals surface area contributed by atoms with Gasteiger partial charge in [-0.1, -0.05) is 36.8 Å². The highest BCUT2D eigenvalue weighted by Gasteiger charge is 2.03. The van der Waals surface area contributed by atoms with Gasteiger partial charge in [0.1, 0.15) is 0 Å². The lowest BCUT2D eigenvalue weighted by Gasteiger charge is -2.09. The Morgan fingerprint density at radius 1 is 1.33 bits per heavy atom. The van der Waals surface area contributed by atoms with Crippen LogP contribution in [0.25, 0.3) is 0 Å². The van der Waals surface area contributed by atoms with Crippen LogP contribution in [0.5, 0.6) is 0 Å². The molecule has 0 spiro atoms. The minimum absolute atomic E-state index is 0.0965. The van der Waals surface area contributed by atoms with Crippen LogP contribution in [0.4, 0.5) is 0 Å². The summed E-state index contributed by atoms with van der Waals surface area (Å²) in [7, 11) is 0. The summed E-state index contributed by atoms with van der Waals surface area (Å²) in [6.07, 6.45) is 2.53. The van der Waals surface area contributed by atoms with Crippen molar-refractivity contribution < 1.29 is 4.79 Å². The molecule has 0 fully saturated rings. The molecule has 1 aromatic rings. The summed E-state index contributed by atoms with van der Waals surface area (Å²) >= 11 is 0. The minimum Gasteiger partial charge on any atom is -0.356 e. The van der Waals surface area contributed by atoms with Crippen molar-refractivity contribution in [3.8, 4) is 0 Å². The van der Waals surface area contributed by atoms with E-state index in [1.165, 1.54) is 5.56 Å². The maximum atomic E-state index is 11.7. The van der Waals surface area contributed by atoms with Gasteiger partial charge in [-0.15, -0.1) is 0 Å². The molecule has 1 rings (SSSR count). The van der Waals surface area contributed by atoms with Crippen molar-refractivity contribution in [2.75, 3.05) is 13.1 Å². The quantitative estimate of drug-likeness (QED) is 0.725. The Kier molecular flexibility index (Phi) is 6.44. The summed E-state index contributed by atoms with van der Waals surface area (Å²) in [4.78, 5) is 11.7. The number of benzene rings is 1. The second-order valence-corrected chi connectivity index (χ2v) is 5.00. The summed E-state index contributed by atoms with van der Waals surface area (Å²) in [6, 6.07) is 8.08. The topological polar surface area (TPSA) is 55.1 Å². The van der Waals surface area contributed by atoms with Gasteiger partial charge >= 0.3 is 0 Å². The van der Waals surface area contributed by atoms with Crippen LogP contribution in [0.1, 0.15) is 30.9 Å². The molecule has 1 unspecified atom stereocenters. The number of carbonyl (C=O) groups excluding carboxylic acids is 1. The number of hydrogen-bond donors (Lipinski definition) is 2. The third-order valence-electron chi connectivity index (χ3n) is 3.08. The Morgan fingerprint density at radius 2 is 2.00 bits per heavy atom. The molecule has 3 nitrogen and oxygen atoms in total. The summed E-state index contributed by atoms with van der Waals surface area (Å²) in [5.74, 6) is 0.637. The van der Waals surface area contributed by atoms with E-state index in [2.05, 4.69) is 12.2 Å². The van der Waals surface area contributed by atoms with Crippen LogP contribution in [0.2, 0.25) is 0 Å². The number of hydrogen-bond acceptors (Lipinski definition) is 2. The van der Waals surface area contributed by atoms with Gasteiger partial charge in [-0.25, -0.2) is 0 Å². The van der Waals surface area contributed by atoms with E-state index in [1.54, 1.807) is 0 Å². The van der Waals surface area contributed by atoms with Gasteiger partial charge in [0, 0.05) is 6.54 Å². The Labute approximate surface area is 110 Å². The number of amides is 1. The molecule has 18 heavy (non-hydrogen) atoms. The van der Waals surface area contributed by atoms with Crippen LogP contribution >= 0.6 is 0 Å². The first-order chi connectivity index (χ1) is 8.61.